The minimum absolute atomic E-state index is 0.475. The Morgan fingerprint density at radius 2 is 0.620 bits per heavy atom. The van der Waals surface area contributed by atoms with E-state index in [0.717, 1.165) is 167 Å². The van der Waals surface area contributed by atoms with Crippen LogP contribution in [0.5, 0.6) is 0 Å². The maximum Gasteiger partial charge on any atom is 0.160 e. The summed E-state index contributed by atoms with van der Waals surface area (Å²) < 4.78 is 9.71. The molecular weight excluding hydrogens is 1310 g/mol. The first-order valence-corrected chi connectivity index (χ1v) is 36.9. The molecule has 0 N–H and O–H groups in total. The SMILES string of the molecule is C1=C(c2cc(-n3c4ccccc4c4ccccc43)cc(-n3c4ccccc4c4cc(-c5cccc6ccc(-c7cc(-c8cc(-n9c%10ccccc%10c%10ccccc%109)cc(-n9c%10ccccc%10c%10ccccc%109)c8)nc(-c8ccccc8)n7)cc56)ccc43)c2)[N-]C(c2ccccc2)N=C1c1cccc2ccccc12. The van der Waals surface area contributed by atoms with Crippen LogP contribution in [0.2, 0.25) is 0 Å². The quantitative estimate of drug-likeness (QED) is 0.129. The Bertz CT molecular complexity index is 7050. The van der Waals surface area contributed by atoms with Crippen LogP contribution in [0.3, 0.4) is 0 Å². The van der Waals surface area contributed by atoms with Crippen LogP contribution in [-0.4, -0.2) is 33.9 Å². The van der Waals surface area contributed by atoms with E-state index >= 15 is 0 Å². The summed E-state index contributed by atoms with van der Waals surface area (Å²) in [5.74, 6) is 0.646. The molecular formula is C100H63N8-. The second-order valence-corrected chi connectivity index (χ2v) is 28.2. The van der Waals surface area contributed by atoms with E-state index in [1.54, 1.807) is 0 Å². The molecule has 504 valence electrons. The highest BCUT2D eigenvalue weighted by atomic mass is 15.1. The number of rotatable bonds is 11. The van der Waals surface area contributed by atoms with Gasteiger partial charge in [-0.15, -0.1) is 5.70 Å². The van der Waals surface area contributed by atoms with Crippen molar-refractivity contribution in [3.05, 3.63) is 398 Å². The molecule has 0 fully saturated rings. The number of aliphatic imine (C=N–C) groups is 1. The molecule has 0 radical (unpaired) electrons. The van der Waals surface area contributed by atoms with Gasteiger partial charge in [0.05, 0.1) is 61.2 Å². The van der Waals surface area contributed by atoms with Gasteiger partial charge in [0.1, 0.15) is 0 Å². The molecule has 16 aromatic carbocycles. The number of allylic oxidation sites excluding steroid dienone is 1. The molecule has 6 heterocycles. The number of hydrogen-bond acceptors (Lipinski definition) is 3. The van der Waals surface area contributed by atoms with Crippen molar-refractivity contribution < 1.29 is 0 Å². The Balaban J connectivity index is 0.714. The molecule has 0 bridgehead atoms. The van der Waals surface area contributed by atoms with Crippen LogP contribution in [0.1, 0.15) is 22.9 Å². The normalized spacial score (nSPS) is 13.3. The minimum Gasteiger partial charge on any atom is -0.659 e. The van der Waals surface area contributed by atoms with Crippen LogP contribution in [0.15, 0.2) is 381 Å². The van der Waals surface area contributed by atoms with E-state index in [4.69, 9.17) is 20.3 Å². The predicted molar refractivity (Wildman–Crippen MR) is 450 cm³/mol. The Morgan fingerprint density at radius 3 is 1.13 bits per heavy atom. The fourth-order valence-corrected chi connectivity index (χ4v) is 17.2. The van der Waals surface area contributed by atoms with Gasteiger partial charge in [-0.3, -0.25) is 4.99 Å². The van der Waals surface area contributed by atoms with Crippen LogP contribution in [0.25, 0.3) is 188 Å². The first kappa shape index (κ1) is 61.0. The highest BCUT2D eigenvalue weighted by Crippen LogP contribution is 2.46. The third-order valence-corrected chi connectivity index (χ3v) is 22.0. The van der Waals surface area contributed by atoms with Gasteiger partial charge in [-0.2, -0.15) is 0 Å². The lowest BCUT2D eigenvalue weighted by Gasteiger charge is -2.38. The lowest BCUT2D eigenvalue weighted by Crippen LogP contribution is -2.10. The van der Waals surface area contributed by atoms with Crippen LogP contribution in [0.4, 0.5) is 0 Å². The number of fused-ring (bicyclic) bond motifs is 14. The lowest BCUT2D eigenvalue weighted by atomic mass is 9.94. The molecule has 0 amide bonds. The van der Waals surface area contributed by atoms with E-state index in [1.165, 1.54) is 32.3 Å². The minimum atomic E-state index is -0.475. The van der Waals surface area contributed by atoms with E-state index in [9.17, 15) is 0 Å². The van der Waals surface area contributed by atoms with Gasteiger partial charge >= 0.3 is 0 Å². The maximum absolute atomic E-state index is 5.61. The Hall–Kier alpha value is -14.5. The van der Waals surface area contributed by atoms with E-state index < -0.39 is 6.17 Å². The van der Waals surface area contributed by atoms with Crippen molar-refractivity contribution in [2.24, 2.45) is 4.99 Å². The van der Waals surface area contributed by atoms with Crippen LogP contribution >= 0.6 is 0 Å². The summed E-state index contributed by atoms with van der Waals surface area (Å²) in [7, 11) is 0. The molecule has 0 spiro atoms. The van der Waals surface area contributed by atoms with Crippen molar-refractivity contribution in [3.8, 4) is 67.8 Å². The fourth-order valence-electron chi connectivity index (χ4n) is 17.2. The van der Waals surface area contributed by atoms with Gasteiger partial charge in [-0.05, 0) is 147 Å². The molecule has 1 unspecified atom stereocenters. The highest BCUT2D eigenvalue weighted by Gasteiger charge is 2.24. The molecule has 8 heteroatoms. The number of para-hydroxylation sites is 7. The van der Waals surface area contributed by atoms with Gasteiger partial charge in [0.15, 0.2) is 5.82 Å². The predicted octanol–water partition coefficient (Wildman–Crippen LogP) is 25.8. The van der Waals surface area contributed by atoms with Crippen molar-refractivity contribution in [1.82, 2.24) is 28.2 Å². The summed E-state index contributed by atoms with van der Waals surface area (Å²) in [5, 5.41) is 19.7. The summed E-state index contributed by atoms with van der Waals surface area (Å²) in [4.78, 5) is 16.5. The third kappa shape index (κ3) is 9.88. The molecule has 21 aromatic rings. The van der Waals surface area contributed by atoms with Crippen LogP contribution in [-0.2, 0) is 0 Å². The first-order valence-electron chi connectivity index (χ1n) is 36.9. The molecule has 1 aliphatic rings. The summed E-state index contributed by atoms with van der Waals surface area (Å²) in [6, 6.07) is 134. The summed E-state index contributed by atoms with van der Waals surface area (Å²) in [6.07, 6.45) is 1.73. The van der Waals surface area contributed by atoms with Crippen molar-refractivity contribution >= 4 is 120 Å². The summed E-state index contributed by atoms with van der Waals surface area (Å²) in [6.45, 7) is 0. The van der Waals surface area contributed by atoms with E-state index in [-0.39, 0.29) is 0 Å². The molecule has 5 aromatic heterocycles. The van der Waals surface area contributed by atoms with Crippen LogP contribution < -0.4 is 0 Å². The molecule has 1 atom stereocenters. The van der Waals surface area contributed by atoms with Crippen molar-refractivity contribution in [3.63, 3.8) is 0 Å². The van der Waals surface area contributed by atoms with Gasteiger partial charge in [-0.25, -0.2) is 9.97 Å². The second-order valence-electron chi connectivity index (χ2n) is 28.2. The summed E-state index contributed by atoms with van der Waals surface area (Å²) >= 11 is 0. The van der Waals surface area contributed by atoms with Crippen LogP contribution in [0, 0.1) is 0 Å². The number of nitrogens with zero attached hydrogens (tertiary/aromatic N) is 8. The third-order valence-electron chi connectivity index (χ3n) is 22.0. The molecule has 0 aliphatic carbocycles. The maximum atomic E-state index is 5.61. The molecule has 22 rings (SSSR count). The molecule has 108 heavy (non-hydrogen) atoms. The standard InChI is InChI=1S/C100H63N8/c1-3-26-65(27-4-1)99-101-87(61-88(102-99)69-53-71(105-91-42-16-9-33-78(91)79-34-10-17-43-92(79)105)59-72(54-69)106-93-44-18-11-35-80(93)81-36-12-19-45-94(81)106)68-50-49-64-31-23-40-76(85(64)58-68)67-51-52-98-86(57-67)84-39-15-22-48-97(84)108(98)74-56-70(55-73(60-74)107-95-46-20-13-37-82(95)83-38-14-21-47-96(83)107)89-62-90(104-100(103-89)66-28-5-2-6-29-66)77-41-24-30-63-25-7-8-32-75(63)77/h1-62,100H/q-1. The zero-order chi connectivity index (χ0) is 70.9. The van der Waals surface area contributed by atoms with Gasteiger partial charge in [-0.1, -0.05) is 273 Å². The monoisotopic (exact) mass is 1380 g/mol. The number of hydrogen-bond donors (Lipinski definition) is 0. The molecule has 0 saturated heterocycles. The van der Waals surface area contributed by atoms with Gasteiger partial charge < -0.3 is 23.6 Å². The van der Waals surface area contributed by atoms with Crippen molar-refractivity contribution in [2.75, 3.05) is 0 Å². The van der Waals surface area contributed by atoms with Crippen molar-refractivity contribution in [1.29, 1.82) is 0 Å². The average Bonchev–Trinajstić information content (AvgIpc) is 1.55. The fraction of sp³-hybridized carbons (Fsp3) is 0.0100. The highest BCUT2D eigenvalue weighted by molar-refractivity contribution is 6.21. The number of benzene rings is 16. The lowest BCUT2D eigenvalue weighted by molar-refractivity contribution is 0.879. The van der Waals surface area contributed by atoms with Gasteiger partial charge in [0, 0.05) is 94.3 Å². The Morgan fingerprint density at radius 1 is 0.241 bits per heavy atom. The van der Waals surface area contributed by atoms with E-state index in [0.29, 0.717) is 5.82 Å². The van der Waals surface area contributed by atoms with E-state index in [1.807, 2.05) is 0 Å². The van der Waals surface area contributed by atoms with Gasteiger partial charge in [0.2, 0.25) is 0 Å². The first-order chi connectivity index (χ1) is 53.5. The molecule has 0 saturated carbocycles. The van der Waals surface area contributed by atoms with Gasteiger partial charge in [0.25, 0.3) is 0 Å². The van der Waals surface area contributed by atoms with E-state index in [2.05, 4.69) is 394 Å². The zero-order valence-corrected chi connectivity index (χ0v) is 58.5. The smallest absolute Gasteiger partial charge is 0.160 e. The second kappa shape index (κ2) is 24.6. The molecule has 8 nitrogen and oxygen atoms in total. The Labute approximate surface area is 621 Å². The zero-order valence-electron chi connectivity index (χ0n) is 58.5. The Kier molecular flexibility index (Phi) is 13.9. The number of aromatic nitrogens is 6. The van der Waals surface area contributed by atoms with Crippen molar-refractivity contribution in [2.45, 2.75) is 6.17 Å². The summed E-state index contributed by atoms with van der Waals surface area (Å²) in [5.41, 5.74) is 24.7. The molecule has 1 aliphatic heterocycles. The largest absolute Gasteiger partial charge is 0.659 e. The average molecular weight is 1380 g/mol. The topological polar surface area (TPSA) is 72.0 Å².